The molecule has 0 unspecified atom stereocenters. The molecule has 2 aromatic carbocycles. The molecule has 142 valence electrons. The van der Waals surface area contributed by atoms with E-state index in [0.29, 0.717) is 36.0 Å². The van der Waals surface area contributed by atoms with Gasteiger partial charge in [-0.1, -0.05) is 12.1 Å². The van der Waals surface area contributed by atoms with E-state index < -0.39 is 0 Å². The third-order valence-electron chi connectivity index (χ3n) is 5.00. The molecule has 1 aliphatic rings. The highest BCUT2D eigenvalue weighted by Crippen LogP contribution is 2.29. The third kappa shape index (κ3) is 3.15. The van der Waals surface area contributed by atoms with Crippen LogP contribution in [0.15, 0.2) is 53.5 Å². The Morgan fingerprint density at radius 1 is 1.18 bits per heavy atom. The number of aromatic nitrogens is 2. The number of ether oxygens (including phenoxy) is 1. The van der Waals surface area contributed by atoms with Gasteiger partial charge in [-0.3, -0.25) is 14.3 Å². The third-order valence-corrected chi connectivity index (χ3v) is 5.00. The molecule has 3 aromatic rings. The van der Waals surface area contributed by atoms with Gasteiger partial charge in [-0.25, -0.2) is 4.79 Å². The SMILES string of the molecule is COC(=O)c1ccc2c(c1)CCN2C(=O)CCn1ncc(=O)c2ccccc21. The highest BCUT2D eigenvalue weighted by molar-refractivity contribution is 5.97. The van der Waals surface area contributed by atoms with Crippen LogP contribution in [-0.4, -0.2) is 35.3 Å². The molecule has 7 nitrogen and oxygen atoms in total. The molecule has 7 heteroatoms. The van der Waals surface area contributed by atoms with E-state index in [1.54, 1.807) is 33.8 Å². The van der Waals surface area contributed by atoms with Gasteiger partial charge in [-0.05, 0) is 42.3 Å². The number of esters is 1. The smallest absolute Gasteiger partial charge is 0.337 e. The van der Waals surface area contributed by atoms with Crippen molar-refractivity contribution < 1.29 is 14.3 Å². The van der Waals surface area contributed by atoms with Crippen LogP contribution in [0.2, 0.25) is 0 Å². The zero-order valence-corrected chi connectivity index (χ0v) is 15.4. The summed E-state index contributed by atoms with van der Waals surface area (Å²) in [7, 11) is 1.35. The van der Waals surface area contributed by atoms with Gasteiger partial charge in [0, 0.05) is 24.0 Å². The number of hydrogen-bond donors (Lipinski definition) is 0. The largest absolute Gasteiger partial charge is 0.465 e. The second-order valence-corrected chi connectivity index (χ2v) is 6.63. The maximum Gasteiger partial charge on any atom is 0.337 e. The highest BCUT2D eigenvalue weighted by atomic mass is 16.5. The van der Waals surface area contributed by atoms with E-state index in [-0.39, 0.29) is 23.7 Å². The average Bonchev–Trinajstić information content (AvgIpc) is 3.16. The molecule has 0 saturated heterocycles. The monoisotopic (exact) mass is 377 g/mol. The number of rotatable bonds is 4. The number of methoxy groups -OCH3 is 1. The lowest BCUT2D eigenvalue weighted by Gasteiger charge is -2.18. The summed E-state index contributed by atoms with van der Waals surface area (Å²) < 4.78 is 6.44. The number of nitrogens with zero attached hydrogens (tertiary/aromatic N) is 3. The Hall–Kier alpha value is -3.48. The van der Waals surface area contributed by atoms with E-state index in [0.717, 1.165) is 11.3 Å². The van der Waals surface area contributed by atoms with Crippen molar-refractivity contribution in [1.82, 2.24) is 9.78 Å². The molecule has 0 spiro atoms. The summed E-state index contributed by atoms with van der Waals surface area (Å²) in [4.78, 5) is 38.1. The van der Waals surface area contributed by atoms with Crippen molar-refractivity contribution in [3.8, 4) is 0 Å². The number of carbonyl (C=O) groups is 2. The average molecular weight is 377 g/mol. The lowest BCUT2D eigenvalue weighted by molar-refractivity contribution is -0.118. The summed E-state index contributed by atoms with van der Waals surface area (Å²) in [5.74, 6) is -0.405. The number of aryl methyl sites for hydroxylation is 1. The molecule has 2 heterocycles. The topological polar surface area (TPSA) is 81.5 Å². The molecule has 0 radical (unpaired) electrons. The maximum atomic E-state index is 12.8. The van der Waals surface area contributed by atoms with Crippen molar-refractivity contribution in [2.75, 3.05) is 18.6 Å². The van der Waals surface area contributed by atoms with Crippen molar-refractivity contribution >= 4 is 28.5 Å². The summed E-state index contributed by atoms with van der Waals surface area (Å²) in [5, 5.41) is 4.76. The van der Waals surface area contributed by atoms with Crippen molar-refractivity contribution in [3.63, 3.8) is 0 Å². The molecule has 0 atom stereocenters. The van der Waals surface area contributed by atoms with Gasteiger partial charge in [0.25, 0.3) is 0 Å². The lowest BCUT2D eigenvalue weighted by Crippen LogP contribution is -2.30. The van der Waals surface area contributed by atoms with E-state index in [4.69, 9.17) is 4.74 Å². The zero-order chi connectivity index (χ0) is 19.7. The van der Waals surface area contributed by atoms with Gasteiger partial charge >= 0.3 is 5.97 Å². The van der Waals surface area contributed by atoms with Crippen LogP contribution in [0.3, 0.4) is 0 Å². The first-order valence-corrected chi connectivity index (χ1v) is 9.05. The molecular formula is C21H19N3O4. The Morgan fingerprint density at radius 2 is 2.00 bits per heavy atom. The van der Waals surface area contributed by atoms with Crippen LogP contribution >= 0.6 is 0 Å². The predicted molar refractivity (Wildman–Crippen MR) is 104 cm³/mol. The number of amides is 1. The fourth-order valence-electron chi connectivity index (χ4n) is 3.58. The van der Waals surface area contributed by atoms with Crippen LogP contribution in [0.4, 0.5) is 5.69 Å². The van der Waals surface area contributed by atoms with Gasteiger partial charge in [0.05, 0.1) is 30.9 Å². The molecule has 0 aliphatic carbocycles. The maximum absolute atomic E-state index is 12.8. The summed E-state index contributed by atoms with van der Waals surface area (Å²) in [6.45, 7) is 0.961. The van der Waals surface area contributed by atoms with Crippen LogP contribution < -0.4 is 10.3 Å². The van der Waals surface area contributed by atoms with Crippen LogP contribution in [-0.2, 0) is 22.5 Å². The van der Waals surface area contributed by atoms with Crippen molar-refractivity contribution in [3.05, 3.63) is 70.0 Å². The first kappa shape index (κ1) is 17.9. The zero-order valence-electron chi connectivity index (χ0n) is 15.4. The predicted octanol–water partition coefficient (Wildman–Crippen LogP) is 2.16. The first-order valence-electron chi connectivity index (χ1n) is 9.05. The minimum atomic E-state index is -0.385. The Labute approximate surface area is 161 Å². The first-order chi connectivity index (χ1) is 13.6. The molecule has 0 bridgehead atoms. The van der Waals surface area contributed by atoms with E-state index in [2.05, 4.69) is 5.10 Å². The lowest BCUT2D eigenvalue weighted by atomic mass is 10.1. The second kappa shape index (κ2) is 7.26. The van der Waals surface area contributed by atoms with E-state index in [1.807, 2.05) is 18.2 Å². The fourth-order valence-corrected chi connectivity index (χ4v) is 3.58. The minimum absolute atomic E-state index is 0.0193. The van der Waals surface area contributed by atoms with Gasteiger partial charge in [0.1, 0.15) is 0 Å². The van der Waals surface area contributed by atoms with Crippen molar-refractivity contribution in [2.24, 2.45) is 0 Å². The Bertz CT molecular complexity index is 1140. The molecule has 0 N–H and O–H groups in total. The number of fused-ring (bicyclic) bond motifs is 2. The summed E-state index contributed by atoms with van der Waals surface area (Å²) in [6, 6.07) is 12.5. The van der Waals surface area contributed by atoms with E-state index in [9.17, 15) is 14.4 Å². The number of anilines is 1. The summed E-state index contributed by atoms with van der Waals surface area (Å²) >= 11 is 0. The van der Waals surface area contributed by atoms with Gasteiger partial charge in [-0.2, -0.15) is 5.10 Å². The molecule has 0 saturated carbocycles. The molecule has 0 fully saturated rings. The highest BCUT2D eigenvalue weighted by Gasteiger charge is 2.25. The fraction of sp³-hybridized carbons (Fsp3) is 0.238. The molecule has 4 rings (SSSR count). The van der Waals surface area contributed by atoms with Crippen molar-refractivity contribution in [1.29, 1.82) is 0 Å². The normalized spacial score (nSPS) is 12.8. The van der Waals surface area contributed by atoms with Gasteiger partial charge in [-0.15, -0.1) is 0 Å². The molecule has 1 aliphatic heterocycles. The number of hydrogen-bond acceptors (Lipinski definition) is 5. The van der Waals surface area contributed by atoms with Crippen LogP contribution in [0.5, 0.6) is 0 Å². The number of para-hydroxylation sites is 1. The number of benzene rings is 2. The molecule has 1 aromatic heterocycles. The minimum Gasteiger partial charge on any atom is -0.465 e. The Balaban J connectivity index is 1.52. The van der Waals surface area contributed by atoms with Gasteiger partial charge in [0.15, 0.2) is 0 Å². The van der Waals surface area contributed by atoms with Crippen LogP contribution in [0.25, 0.3) is 10.9 Å². The Morgan fingerprint density at radius 3 is 2.82 bits per heavy atom. The van der Waals surface area contributed by atoms with Crippen LogP contribution in [0.1, 0.15) is 22.3 Å². The van der Waals surface area contributed by atoms with Crippen molar-refractivity contribution in [2.45, 2.75) is 19.4 Å². The summed E-state index contributed by atoms with van der Waals surface area (Å²) in [5.41, 5.74) is 2.86. The van der Waals surface area contributed by atoms with Gasteiger partial charge in [0.2, 0.25) is 11.3 Å². The standard InChI is InChI=1S/C21H19N3O4/c1-28-21(27)15-6-7-17-14(12-15)8-10-23(17)20(26)9-11-24-18-5-3-2-4-16(18)19(25)13-22-24/h2-7,12-13H,8-11H2,1H3. The Kier molecular flexibility index (Phi) is 4.65. The van der Waals surface area contributed by atoms with Crippen LogP contribution in [0, 0.1) is 0 Å². The quantitative estimate of drug-likeness (QED) is 0.651. The summed E-state index contributed by atoms with van der Waals surface area (Å²) in [6.07, 6.45) is 2.25. The molecule has 28 heavy (non-hydrogen) atoms. The van der Waals surface area contributed by atoms with E-state index >= 15 is 0 Å². The number of carbonyl (C=O) groups excluding carboxylic acids is 2. The van der Waals surface area contributed by atoms with E-state index in [1.165, 1.54) is 13.3 Å². The molecular weight excluding hydrogens is 358 g/mol. The van der Waals surface area contributed by atoms with Gasteiger partial charge < -0.3 is 9.64 Å². The molecule has 1 amide bonds. The second-order valence-electron chi connectivity index (χ2n) is 6.63.